The average Bonchev–Trinajstić information content (AvgIpc) is 3.28. The van der Waals surface area contributed by atoms with Gasteiger partial charge in [0.1, 0.15) is 0 Å². The van der Waals surface area contributed by atoms with Gasteiger partial charge in [-0.3, -0.25) is 4.79 Å². The Labute approximate surface area is 153 Å². The number of rotatable bonds is 4. The molecule has 0 bridgehead atoms. The maximum absolute atomic E-state index is 12.3. The summed E-state index contributed by atoms with van der Waals surface area (Å²) in [6.07, 6.45) is 0.513. The normalized spacial score (nSPS) is 13.4. The summed E-state index contributed by atoms with van der Waals surface area (Å²) >= 11 is 0. The van der Waals surface area contributed by atoms with Crippen LogP contribution >= 0.6 is 0 Å². The molecule has 1 aliphatic heterocycles. The van der Waals surface area contributed by atoms with Crippen molar-refractivity contribution in [2.24, 2.45) is 0 Å². The summed E-state index contributed by atoms with van der Waals surface area (Å²) in [5.74, 6) is -0.0593. The number of aryl methyl sites for hydroxylation is 1. The summed E-state index contributed by atoms with van der Waals surface area (Å²) in [4.78, 5) is 32.6. The van der Waals surface area contributed by atoms with E-state index in [1.807, 2.05) is 0 Å². The van der Waals surface area contributed by atoms with Crippen LogP contribution in [0.25, 0.3) is 5.78 Å². The molecule has 1 amide bonds. The van der Waals surface area contributed by atoms with E-state index in [9.17, 15) is 9.59 Å². The smallest absolute Gasteiger partial charge is 0.379 e. The molecular formula is C17H15N5O5. The number of carbonyl (C=O) groups is 2. The minimum atomic E-state index is -1.05. The number of anilines is 1. The van der Waals surface area contributed by atoms with Crippen molar-refractivity contribution in [1.82, 2.24) is 19.6 Å². The van der Waals surface area contributed by atoms with Gasteiger partial charge in [-0.05, 0) is 32.0 Å². The fraction of sp³-hybridized carbons (Fsp3) is 0.235. The molecule has 0 fully saturated rings. The number of fused-ring (bicyclic) bond motifs is 2. The van der Waals surface area contributed by atoms with Gasteiger partial charge in [0.15, 0.2) is 17.6 Å². The number of nitrogens with one attached hydrogen (secondary N) is 1. The summed E-state index contributed by atoms with van der Waals surface area (Å²) in [5, 5.41) is 6.71. The lowest BCUT2D eigenvalue weighted by atomic mass is 10.2. The van der Waals surface area contributed by atoms with Gasteiger partial charge >= 0.3 is 5.97 Å². The standard InChI is InChI=1S/C17H15N5O5/c1-9-5-6-18-17-20-14(21-22(9)17)16(24)27-10(2)15(23)19-11-3-4-12-13(7-11)26-8-25-12/h3-7,10H,8H2,1-2H3,(H,19,23)/t10-/m1/s1. The Morgan fingerprint density at radius 3 is 2.89 bits per heavy atom. The molecule has 0 unspecified atom stereocenters. The molecule has 2 aromatic heterocycles. The van der Waals surface area contributed by atoms with Crippen molar-refractivity contribution in [3.05, 3.63) is 42.0 Å². The predicted octanol–water partition coefficient (Wildman–Crippen LogP) is 1.35. The van der Waals surface area contributed by atoms with E-state index in [-0.39, 0.29) is 18.4 Å². The molecule has 4 rings (SSSR count). The molecule has 0 spiro atoms. The second-order valence-electron chi connectivity index (χ2n) is 5.84. The van der Waals surface area contributed by atoms with Gasteiger partial charge in [0.2, 0.25) is 6.79 Å². The maximum atomic E-state index is 12.3. The number of aromatic nitrogens is 4. The summed E-state index contributed by atoms with van der Waals surface area (Å²) in [6, 6.07) is 6.72. The van der Waals surface area contributed by atoms with Crippen LogP contribution in [0.3, 0.4) is 0 Å². The molecule has 27 heavy (non-hydrogen) atoms. The largest absolute Gasteiger partial charge is 0.454 e. The molecule has 0 saturated carbocycles. The number of ether oxygens (including phenoxy) is 3. The van der Waals surface area contributed by atoms with Gasteiger partial charge in [-0.15, -0.1) is 5.10 Å². The predicted molar refractivity (Wildman–Crippen MR) is 91.6 cm³/mol. The molecule has 10 heteroatoms. The van der Waals surface area contributed by atoms with Crippen LogP contribution in [0.5, 0.6) is 11.5 Å². The summed E-state index contributed by atoms with van der Waals surface area (Å²) < 4.78 is 17.1. The Balaban J connectivity index is 1.42. The van der Waals surface area contributed by atoms with Gasteiger partial charge in [-0.2, -0.15) is 4.98 Å². The lowest BCUT2D eigenvalue weighted by Gasteiger charge is -2.12. The average molecular weight is 369 g/mol. The quantitative estimate of drug-likeness (QED) is 0.685. The Kier molecular flexibility index (Phi) is 4.07. The third-order valence-corrected chi connectivity index (χ3v) is 3.91. The van der Waals surface area contributed by atoms with Crippen LogP contribution in [-0.2, 0) is 9.53 Å². The molecule has 10 nitrogen and oxygen atoms in total. The molecule has 1 aromatic carbocycles. The van der Waals surface area contributed by atoms with E-state index in [1.54, 1.807) is 37.4 Å². The van der Waals surface area contributed by atoms with E-state index in [0.717, 1.165) is 5.69 Å². The zero-order valence-electron chi connectivity index (χ0n) is 14.5. The highest BCUT2D eigenvalue weighted by Gasteiger charge is 2.23. The van der Waals surface area contributed by atoms with Gasteiger partial charge in [-0.1, -0.05) is 0 Å². The third kappa shape index (κ3) is 3.24. The van der Waals surface area contributed by atoms with Gasteiger partial charge < -0.3 is 19.5 Å². The SMILES string of the molecule is Cc1ccnc2nc(C(=O)O[C@H](C)C(=O)Nc3ccc4c(c3)OCO4)nn12. The lowest BCUT2D eigenvalue weighted by Crippen LogP contribution is -2.30. The molecule has 0 aliphatic carbocycles. The van der Waals surface area contributed by atoms with E-state index < -0.39 is 18.0 Å². The number of hydrogen-bond donors (Lipinski definition) is 1. The highest BCUT2D eigenvalue weighted by Crippen LogP contribution is 2.34. The minimum absolute atomic E-state index is 0.140. The van der Waals surface area contributed by atoms with E-state index in [2.05, 4.69) is 20.4 Å². The second kappa shape index (κ2) is 6.56. The third-order valence-electron chi connectivity index (χ3n) is 3.91. The zero-order valence-corrected chi connectivity index (χ0v) is 14.5. The van der Waals surface area contributed by atoms with E-state index >= 15 is 0 Å². The number of amides is 1. The van der Waals surface area contributed by atoms with Crippen molar-refractivity contribution in [2.45, 2.75) is 20.0 Å². The molecule has 0 saturated heterocycles. The van der Waals surface area contributed by atoms with Gasteiger partial charge in [-0.25, -0.2) is 14.3 Å². The Hall–Kier alpha value is -3.69. The summed E-state index contributed by atoms with van der Waals surface area (Å²) in [5.41, 5.74) is 1.26. The second-order valence-corrected chi connectivity index (χ2v) is 5.84. The molecular weight excluding hydrogens is 354 g/mol. The fourth-order valence-electron chi connectivity index (χ4n) is 2.48. The van der Waals surface area contributed by atoms with Crippen LogP contribution in [0.4, 0.5) is 5.69 Å². The van der Waals surface area contributed by atoms with E-state index in [0.29, 0.717) is 17.2 Å². The van der Waals surface area contributed by atoms with Crippen molar-refractivity contribution < 1.29 is 23.8 Å². The van der Waals surface area contributed by atoms with Crippen molar-refractivity contribution in [3.63, 3.8) is 0 Å². The highest BCUT2D eigenvalue weighted by molar-refractivity contribution is 5.96. The van der Waals surface area contributed by atoms with Crippen molar-refractivity contribution in [2.75, 3.05) is 12.1 Å². The monoisotopic (exact) mass is 369 g/mol. The van der Waals surface area contributed by atoms with Crippen LogP contribution in [0, 0.1) is 6.92 Å². The van der Waals surface area contributed by atoms with Crippen LogP contribution in [0.1, 0.15) is 23.2 Å². The number of nitrogens with zero attached hydrogens (tertiary/aromatic N) is 4. The maximum Gasteiger partial charge on any atom is 0.379 e. The van der Waals surface area contributed by atoms with Crippen molar-refractivity contribution in [3.8, 4) is 11.5 Å². The van der Waals surface area contributed by atoms with E-state index in [4.69, 9.17) is 14.2 Å². The van der Waals surface area contributed by atoms with Gasteiger partial charge in [0, 0.05) is 23.6 Å². The van der Waals surface area contributed by atoms with Crippen LogP contribution in [-0.4, -0.2) is 44.4 Å². The minimum Gasteiger partial charge on any atom is -0.454 e. The molecule has 1 aliphatic rings. The molecule has 138 valence electrons. The Morgan fingerprint density at radius 1 is 1.26 bits per heavy atom. The number of benzene rings is 1. The molecule has 3 heterocycles. The van der Waals surface area contributed by atoms with Crippen molar-refractivity contribution >= 4 is 23.3 Å². The first kappa shape index (κ1) is 16.8. The number of carbonyl (C=O) groups excluding carboxylic acids is 2. The first-order valence-corrected chi connectivity index (χ1v) is 8.11. The molecule has 0 radical (unpaired) electrons. The van der Waals surface area contributed by atoms with Gasteiger partial charge in [0.05, 0.1) is 0 Å². The first-order chi connectivity index (χ1) is 13.0. The van der Waals surface area contributed by atoms with Crippen LogP contribution < -0.4 is 14.8 Å². The first-order valence-electron chi connectivity index (χ1n) is 8.11. The fourth-order valence-corrected chi connectivity index (χ4v) is 2.48. The number of esters is 1. The van der Waals surface area contributed by atoms with Crippen molar-refractivity contribution in [1.29, 1.82) is 0 Å². The molecule has 3 aromatic rings. The highest BCUT2D eigenvalue weighted by atomic mass is 16.7. The topological polar surface area (TPSA) is 117 Å². The summed E-state index contributed by atoms with van der Waals surface area (Å²) in [7, 11) is 0. The zero-order chi connectivity index (χ0) is 19.0. The van der Waals surface area contributed by atoms with Gasteiger partial charge in [0.25, 0.3) is 17.5 Å². The molecule has 1 atom stereocenters. The summed E-state index contributed by atoms with van der Waals surface area (Å²) in [6.45, 7) is 3.40. The Bertz CT molecular complexity index is 1050. The van der Waals surface area contributed by atoms with Crippen LogP contribution in [0.2, 0.25) is 0 Å². The van der Waals surface area contributed by atoms with E-state index in [1.165, 1.54) is 11.4 Å². The molecule has 1 N–H and O–H groups in total. The van der Waals surface area contributed by atoms with Crippen LogP contribution in [0.15, 0.2) is 30.5 Å². The Morgan fingerprint density at radius 2 is 2.07 bits per heavy atom. The number of hydrogen-bond acceptors (Lipinski definition) is 8. The lowest BCUT2D eigenvalue weighted by molar-refractivity contribution is -0.123.